The van der Waals surface area contributed by atoms with Crippen LogP contribution in [0.3, 0.4) is 0 Å². The monoisotopic (exact) mass is 578 g/mol. The van der Waals surface area contributed by atoms with E-state index in [-0.39, 0.29) is 34.6 Å². The molecule has 5 rings (SSSR count). The number of amides is 2. The van der Waals surface area contributed by atoms with Crippen molar-refractivity contribution in [3.05, 3.63) is 100.0 Å². The molecule has 1 aromatic heterocycles. The van der Waals surface area contributed by atoms with E-state index in [1.54, 1.807) is 37.5 Å². The smallest absolute Gasteiger partial charge is 0.293 e. The topological polar surface area (TPSA) is 117 Å². The number of rotatable bonds is 7. The molecule has 1 aliphatic rings. The fraction of sp³-hybridized carbons (Fsp3) is 0.294. The first-order valence-electron chi connectivity index (χ1n) is 14.5. The summed E-state index contributed by atoms with van der Waals surface area (Å²) in [5, 5.41) is 12.3. The predicted molar refractivity (Wildman–Crippen MR) is 172 cm³/mol. The highest BCUT2D eigenvalue weighted by molar-refractivity contribution is 6.05. The largest absolute Gasteiger partial charge is 0.336 e. The predicted octanol–water partition coefficient (Wildman–Crippen LogP) is 5.74. The molecule has 9 nitrogen and oxygen atoms in total. The zero-order valence-electron chi connectivity index (χ0n) is 25.2. The summed E-state index contributed by atoms with van der Waals surface area (Å²) in [6.07, 6.45) is 3.51. The zero-order chi connectivity index (χ0) is 30.7. The average molecular weight is 579 g/mol. The lowest BCUT2D eigenvalue weighted by molar-refractivity contribution is -0.117. The molecular weight excluding hydrogens is 540 g/mol. The van der Waals surface area contributed by atoms with Crippen LogP contribution in [0.4, 0.5) is 22.9 Å². The third kappa shape index (κ3) is 6.84. The minimum atomic E-state index is -0.283. The standard InChI is InChI=1S/C34H38N6O3/c1-21-26(8-6-9-27(21)39-31(41)22-11-13-23(14-12-22)34(2,3)4)29-20-40(5)33(43)30(38-29)36-24-15-17-25(18-16-24)37-32(42)28-10-7-19-35-28/h6,8-9,11-18,20,28,35H,7,10,19H2,1-5H3,(H,36,38)(H,37,42)(H,39,41). The van der Waals surface area contributed by atoms with E-state index in [0.29, 0.717) is 28.3 Å². The molecule has 0 radical (unpaired) electrons. The molecule has 4 aromatic rings. The molecule has 1 unspecified atom stereocenters. The SMILES string of the molecule is Cc1c(NC(=O)c2ccc(C(C)(C)C)cc2)cccc1-c1cn(C)c(=O)c(Nc2ccc(NC(=O)C3CCCN3)cc2)n1. The van der Waals surface area contributed by atoms with E-state index < -0.39 is 0 Å². The van der Waals surface area contributed by atoms with Crippen LogP contribution >= 0.6 is 0 Å². The molecule has 0 aliphatic carbocycles. The molecule has 0 spiro atoms. The summed E-state index contributed by atoms with van der Waals surface area (Å²) >= 11 is 0. The van der Waals surface area contributed by atoms with Gasteiger partial charge in [0.1, 0.15) is 0 Å². The highest BCUT2D eigenvalue weighted by Gasteiger charge is 2.22. The number of hydrogen-bond donors (Lipinski definition) is 4. The Morgan fingerprint density at radius 3 is 2.30 bits per heavy atom. The van der Waals surface area contributed by atoms with Gasteiger partial charge in [0.05, 0.1) is 11.7 Å². The van der Waals surface area contributed by atoms with Crippen molar-refractivity contribution in [3.63, 3.8) is 0 Å². The lowest BCUT2D eigenvalue weighted by Crippen LogP contribution is -2.35. The Morgan fingerprint density at radius 1 is 0.953 bits per heavy atom. The Kier molecular flexibility index (Phi) is 8.45. The number of nitrogens with zero attached hydrogens (tertiary/aromatic N) is 2. The first kappa shape index (κ1) is 29.7. The molecule has 4 N–H and O–H groups in total. The molecule has 3 aromatic carbocycles. The number of aryl methyl sites for hydroxylation is 1. The first-order chi connectivity index (χ1) is 20.5. The lowest BCUT2D eigenvalue weighted by atomic mass is 9.86. The minimum absolute atomic E-state index is 0.00398. The molecule has 1 fully saturated rings. The van der Waals surface area contributed by atoms with Gasteiger partial charge in [-0.3, -0.25) is 14.4 Å². The molecule has 222 valence electrons. The van der Waals surface area contributed by atoms with Gasteiger partial charge < -0.3 is 25.8 Å². The Balaban J connectivity index is 1.33. The average Bonchev–Trinajstić information content (AvgIpc) is 3.53. The van der Waals surface area contributed by atoms with Crippen LogP contribution in [0, 0.1) is 6.92 Å². The quantitative estimate of drug-likeness (QED) is 0.222. The van der Waals surface area contributed by atoms with Crippen molar-refractivity contribution in [1.82, 2.24) is 14.9 Å². The van der Waals surface area contributed by atoms with Crippen molar-refractivity contribution in [2.45, 2.75) is 52.0 Å². The number of hydrogen-bond acceptors (Lipinski definition) is 6. The number of anilines is 4. The second kappa shape index (κ2) is 12.2. The van der Waals surface area contributed by atoms with Crippen molar-refractivity contribution in [2.24, 2.45) is 7.05 Å². The van der Waals surface area contributed by atoms with Crippen LogP contribution in [0.5, 0.6) is 0 Å². The third-order valence-corrected chi connectivity index (χ3v) is 7.73. The summed E-state index contributed by atoms with van der Waals surface area (Å²) in [5.74, 6) is -0.0796. The van der Waals surface area contributed by atoms with Crippen molar-refractivity contribution in [2.75, 3.05) is 22.5 Å². The summed E-state index contributed by atoms with van der Waals surface area (Å²) in [4.78, 5) is 43.1. The van der Waals surface area contributed by atoms with Gasteiger partial charge >= 0.3 is 0 Å². The van der Waals surface area contributed by atoms with Gasteiger partial charge in [-0.15, -0.1) is 0 Å². The number of aromatic nitrogens is 2. The highest BCUT2D eigenvalue weighted by Crippen LogP contribution is 2.29. The van der Waals surface area contributed by atoms with Crippen molar-refractivity contribution < 1.29 is 9.59 Å². The van der Waals surface area contributed by atoms with E-state index in [2.05, 4.69) is 47.0 Å². The summed E-state index contributed by atoms with van der Waals surface area (Å²) in [7, 11) is 1.68. The summed E-state index contributed by atoms with van der Waals surface area (Å²) < 4.78 is 1.48. The minimum Gasteiger partial charge on any atom is -0.336 e. The van der Waals surface area contributed by atoms with E-state index >= 15 is 0 Å². The van der Waals surface area contributed by atoms with Crippen LogP contribution in [0.1, 0.15) is 55.1 Å². The van der Waals surface area contributed by atoms with E-state index in [1.807, 2.05) is 49.4 Å². The highest BCUT2D eigenvalue weighted by atomic mass is 16.2. The van der Waals surface area contributed by atoms with Crippen molar-refractivity contribution >= 4 is 34.7 Å². The molecule has 9 heteroatoms. The van der Waals surface area contributed by atoms with Crippen molar-refractivity contribution in [3.8, 4) is 11.3 Å². The molecule has 2 amide bonds. The van der Waals surface area contributed by atoms with Crippen LogP contribution < -0.4 is 26.8 Å². The maximum Gasteiger partial charge on any atom is 0.293 e. The third-order valence-electron chi connectivity index (χ3n) is 7.73. The van der Waals surface area contributed by atoms with Gasteiger partial charge in [-0.2, -0.15) is 0 Å². The van der Waals surface area contributed by atoms with Crippen LogP contribution in [0.2, 0.25) is 0 Å². The zero-order valence-corrected chi connectivity index (χ0v) is 25.2. The fourth-order valence-corrected chi connectivity index (χ4v) is 5.09. The molecule has 1 aliphatic heterocycles. The number of benzene rings is 3. The fourth-order valence-electron chi connectivity index (χ4n) is 5.09. The molecule has 1 atom stereocenters. The van der Waals surface area contributed by atoms with E-state index in [1.165, 1.54) is 4.57 Å². The normalized spacial score (nSPS) is 14.8. The van der Waals surface area contributed by atoms with Gasteiger partial charge in [0.15, 0.2) is 5.82 Å². The number of nitrogens with one attached hydrogen (secondary N) is 4. The molecule has 2 heterocycles. The van der Waals surface area contributed by atoms with Crippen LogP contribution in [-0.2, 0) is 17.3 Å². The Morgan fingerprint density at radius 2 is 1.65 bits per heavy atom. The molecular formula is C34H38N6O3. The first-order valence-corrected chi connectivity index (χ1v) is 14.5. The second-order valence-electron chi connectivity index (χ2n) is 12.0. The molecule has 1 saturated heterocycles. The molecule has 43 heavy (non-hydrogen) atoms. The van der Waals surface area contributed by atoms with Gasteiger partial charge in [-0.25, -0.2) is 4.98 Å². The van der Waals surface area contributed by atoms with Crippen LogP contribution in [0.25, 0.3) is 11.3 Å². The summed E-state index contributed by atoms with van der Waals surface area (Å²) in [5.41, 5.74) is 5.66. The number of carbonyl (C=O) groups is 2. The van der Waals surface area contributed by atoms with Crippen molar-refractivity contribution in [1.29, 1.82) is 0 Å². The van der Waals surface area contributed by atoms with Gasteiger partial charge in [0, 0.05) is 41.4 Å². The molecule has 0 bridgehead atoms. The maximum atomic E-state index is 13.1. The van der Waals surface area contributed by atoms with E-state index in [9.17, 15) is 14.4 Å². The maximum absolute atomic E-state index is 13.1. The van der Waals surface area contributed by atoms with Crippen LogP contribution in [0.15, 0.2) is 77.7 Å². The van der Waals surface area contributed by atoms with Gasteiger partial charge in [0.2, 0.25) is 5.91 Å². The number of carbonyl (C=O) groups excluding carboxylic acids is 2. The Labute approximate surface area is 251 Å². The van der Waals surface area contributed by atoms with Gasteiger partial charge in [-0.1, -0.05) is 45.0 Å². The summed E-state index contributed by atoms with van der Waals surface area (Å²) in [6, 6.07) is 20.3. The van der Waals surface area contributed by atoms with Gasteiger partial charge in [0.25, 0.3) is 11.5 Å². The second-order valence-corrected chi connectivity index (χ2v) is 12.0. The molecule has 0 saturated carbocycles. The van der Waals surface area contributed by atoms with Crippen LogP contribution in [-0.4, -0.2) is 34.0 Å². The summed E-state index contributed by atoms with van der Waals surface area (Å²) in [6.45, 7) is 9.18. The Hall–Kier alpha value is -4.76. The lowest BCUT2D eigenvalue weighted by Gasteiger charge is -2.19. The van der Waals surface area contributed by atoms with E-state index in [4.69, 9.17) is 0 Å². The van der Waals surface area contributed by atoms with Gasteiger partial charge in [-0.05, 0) is 85.3 Å². The Bertz CT molecular complexity index is 1700. The van der Waals surface area contributed by atoms with E-state index in [0.717, 1.165) is 36.1 Å².